The number of nitrogens with zero attached hydrogens (tertiary/aromatic N) is 2. The largest absolute Gasteiger partial charge is 0.377 e. The molecule has 2 amide bonds. The molecule has 0 atom stereocenters. The van der Waals surface area contributed by atoms with Crippen molar-refractivity contribution in [3.63, 3.8) is 0 Å². The molecule has 0 saturated carbocycles. The first-order valence-corrected chi connectivity index (χ1v) is 12.0. The lowest BCUT2D eigenvalue weighted by molar-refractivity contribution is -0.138. The summed E-state index contributed by atoms with van der Waals surface area (Å²) < 4.78 is 5.60. The van der Waals surface area contributed by atoms with Gasteiger partial charge in [0.2, 0.25) is 0 Å². The van der Waals surface area contributed by atoms with Gasteiger partial charge in [-0.3, -0.25) is 14.5 Å². The molecule has 5 nitrogen and oxygen atoms in total. The topological polar surface area (TPSA) is 49.9 Å². The molecule has 2 aliphatic rings. The second-order valence-corrected chi connectivity index (χ2v) is 9.45. The van der Waals surface area contributed by atoms with Crippen LogP contribution in [-0.2, 0) is 20.7 Å². The highest BCUT2D eigenvalue weighted by Gasteiger charge is 2.42. The molecule has 1 saturated heterocycles. The minimum atomic E-state index is -0.193. The highest BCUT2D eigenvalue weighted by Crippen LogP contribution is 2.36. The summed E-state index contributed by atoms with van der Waals surface area (Å²) in [5.41, 5.74) is 2.50. The Bertz CT molecular complexity index is 929. The first kappa shape index (κ1) is 21.8. The van der Waals surface area contributed by atoms with Crippen LogP contribution in [0.25, 0.3) is 5.57 Å². The van der Waals surface area contributed by atoms with E-state index >= 15 is 0 Å². The van der Waals surface area contributed by atoms with Crippen LogP contribution in [0.4, 0.5) is 0 Å². The Morgan fingerprint density at radius 2 is 1.77 bits per heavy atom. The molecule has 0 spiro atoms. The third-order valence-corrected chi connectivity index (χ3v) is 6.86. The quantitative estimate of drug-likeness (QED) is 0.580. The van der Waals surface area contributed by atoms with Gasteiger partial charge in [0.15, 0.2) is 0 Å². The summed E-state index contributed by atoms with van der Waals surface area (Å²) in [6.45, 7) is 6.16. The van der Waals surface area contributed by atoms with Crippen molar-refractivity contribution in [3.8, 4) is 0 Å². The number of ether oxygens (including phenoxy) is 1. The monoisotopic (exact) mass is 438 g/mol. The van der Waals surface area contributed by atoms with Crippen LogP contribution >= 0.6 is 11.3 Å². The highest BCUT2D eigenvalue weighted by atomic mass is 32.1. The van der Waals surface area contributed by atoms with E-state index < -0.39 is 0 Å². The lowest BCUT2D eigenvalue weighted by Gasteiger charge is -2.34. The summed E-state index contributed by atoms with van der Waals surface area (Å²) in [6.07, 6.45) is 3.18. The average molecular weight is 439 g/mol. The summed E-state index contributed by atoms with van der Waals surface area (Å²) in [7, 11) is 0. The van der Waals surface area contributed by atoms with E-state index in [1.807, 2.05) is 37.4 Å². The molecule has 1 aromatic heterocycles. The molecule has 0 unspecified atom stereocenters. The van der Waals surface area contributed by atoms with Crippen LogP contribution < -0.4 is 0 Å². The first-order valence-electron chi connectivity index (χ1n) is 11.1. The summed E-state index contributed by atoms with van der Waals surface area (Å²) in [4.78, 5) is 30.9. The Hall–Kier alpha value is -2.44. The van der Waals surface area contributed by atoms with E-state index in [9.17, 15) is 9.59 Å². The Morgan fingerprint density at radius 3 is 2.42 bits per heavy atom. The number of hydrogen-bond acceptors (Lipinski definition) is 5. The molecule has 0 aliphatic carbocycles. The van der Waals surface area contributed by atoms with E-state index in [0.717, 1.165) is 37.2 Å². The third kappa shape index (κ3) is 4.91. The van der Waals surface area contributed by atoms with Gasteiger partial charge in [0.05, 0.1) is 24.8 Å². The second-order valence-electron chi connectivity index (χ2n) is 8.50. The molecule has 31 heavy (non-hydrogen) atoms. The lowest BCUT2D eigenvalue weighted by Crippen LogP contribution is -2.40. The molecule has 1 aromatic carbocycles. The molecule has 1 fully saturated rings. The van der Waals surface area contributed by atoms with Gasteiger partial charge in [0.1, 0.15) is 5.70 Å². The fraction of sp³-hybridized carbons (Fsp3) is 0.440. The van der Waals surface area contributed by atoms with Crippen LogP contribution in [0.1, 0.15) is 37.1 Å². The smallest absolute Gasteiger partial charge is 0.277 e. The van der Waals surface area contributed by atoms with E-state index in [-0.39, 0.29) is 17.9 Å². The Labute approximate surface area is 188 Å². The van der Waals surface area contributed by atoms with Gasteiger partial charge in [-0.2, -0.15) is 0 Å². The second kappa shape index (κ2) is 9.79. The van der Waals surface area contributed by atoms with Crippen molar-refractivity contribution in [2.45, 2.75) is 39.2 Å². The Morgan fingerprint density at radius 1 is 1.03 bits per heavy atom. The molecule has 2 aliphatic heterocycles. The number of benzene rings is 1. The first-order chi connectivity index (χ1) is 15.0. The maximum atomic E-state index is 13.3. The van der Waals surface area contributed by atoms with Crippen LogP contribution in [0, 0.1) is 5.92 Å². The van der Waals surface area contributed by atoms with E-state index in [1.165, 1.54) is 21.8 Å². The van der Waals surface area contributed by atoms with Crippen LogP contribution in [0.5, 0.6) is 0 Å². The molecule has 0 N–H and O–H groups in total. The van der Waals surface area contributed by atoms with Crippen molar-refractivity contribution >= 4 is 28.7 Å². The maximum absolute atomic E-state index is 13.3. The third-order valence-electron chi connectivity index (χ3n) is 5.98. The highest BCUT2D eigenvalue weighted by molar-refractivity contribution is 7.11. The van der Waals surface area contributed by atoms with Gasteiger partial charge in [-0.15, -0.1) is 11.3 Å². The van der Waals surface area contributed by atoms with Gasteiger partial charge in [0, 0.05) is 18.0 Å². The Balaban J connectivity index is 1.49. The SMILES string of the molecule is CC(C)OCCN1C(=O)C(c2cccs2)=C(N2CCC(Cc3ccccc3)CC2)C1=O. The summed E-state index contributed by atoms with van der Waals surface area (Å²) >= 11 is 1.51. The number of amides is 2. The minimum absolute atomic E-state index is 0.0700. The molecular weight excluding hydrogens is 408 g/mol. The number of thiophene rings is 1. The normalized spacial score (nSPS) is 18.0. The zero-order valence-electron chi connectivity index (χ0n) is 18.3. The number of likely N-dealkylation sites (tertiary alicyclic amines) is 1. The van der Waals surface area contributed by atoms with E-state index in [4.69, 9.17) is 4.74 Å². The zero-order valence-corrected chi connectivity index (χ0v) is 19.1. The average Bonchev–Trinajstić information content (AvgIpc) is 3.37. The molecule has 164 valence electrons. The number of hydrogen-bond donors (Lipinski definition) is 0. The van der Waals surface area contributed by atoms with Crippen molar-refractivity contribution in [2.24, 2.45) is 5.92 Å². The standard InChI is InChI=1S/C25H30N2O3S/c1-18(2)30-15-14-27-24(28)22(21-9-6-16-31-21)23(25(27)29)26-12-10-20(11-13-26)17-19-7-4-3-5-8-19/h3-9,16,18,20H,10-15,17H2,1-2H3. The maximum Gasteiger partial charge on any atom is 0.277 e. The number of piperidine rings is 1. The predicted octanol–water partition coefficient (Wildman–Crippen LogP) is 4.21. The predicted molar refractivity (Wildman–Crippen MR) is 123 cm³/mol. The molecule has 6 heteroatoms. The fourth-order valence-corrected chi connectivity index (χ4v) is 5.15. The summed E-state index contributed by atoms with van der Waals surface area (Å²) in [5, 5.41) is 1.95. The van der Waals surface area contributed by atoms with E-state index in [0.29, 0.717) is 30.3 Å². The van der Waals surface area contributed by atoms with E-state index in [2.05, 4.69) is 29.2 Å². The zero-order chi connectivity index (χ0) is 21.8. The van der Waals surface area contributed by atoms with Crippen LogP contribution in [-0.4, -0.2) is 54.0 Å². The molecule has 0 radical (unpaired) electrons. The van der Waals surface area contributed by atoms with Crippen LogP contribution in [0.3, 0.4) is 0 Å². The van der Waals surface area contributed by atoms with Crippen LogP contribution in [0.15, 0.2) is 53.5 Å². The Kier molecular flexibility index (Phi) is 6.88. The number of carbonyl (C=O) groups excluding carboxylic acids is 2. The van der Waals surface area contributed by atoms with Crippen molar-refractivity contribution in [3.05, 3.63) is 64.0 Å². The van der Waals surface area contributed by atoms with E-state index in [1.54, 1.807) is 0 Å². The van der Waals surface area contributed by atoms with Crippen molar-refractivity contribution in [1.82, 2.24) is 9.80 Å². The molecule has 3 heterocycles. The lowest BCUT2D eigenvalue weighted by atomic mass is 9.90. The molecular formula is C25H30N2O3S. The van der Waals surface area contributed by atoms with Gasteiger partial charge in [0.25, 0.3) is 11.8 Å². The summed E-state index contributed by atoms with van der Waals surface area (Å²) in [6, 6.07) is 14.4. The number of rotatable bonds is 8. The summed E-state index contributed by atoms with van der Waals surface area (Å²) in [5.74, 6) is 0.232. The number of carbonyl (C=O) groups is 2. The minimum Gasteiger partial charge on any atom is -0.377 e. The van der Waals surface area contributed by atoms with Gasteiger partial charge in [-0.05, 0) is 56.0 Å². The molecule has 4 rings (SSSR count). The number of imide groups is 1. The molecule has 2 aromatic rings. The van der Waals surface area contributed by atoms with Crippen molar-refractivity contribution in [2.75, 3.05) is 26.2 Å². The van der Waals surface area contributed by atoms with Gasteiger partial charge >= 0.3 is 0 Å². The van der Waals surface area contributed by atoms with Crippen molar-refractivity contribution < 1.29 is 14.3 Å². The van der Waals surface area contributed by atoms with Gasteiger partial charge in [-0.25, -0.2) is 0 Å². The molecule has 0 bridgehead atoms. The van der Waals surface area contributed by atoms with Gasteiger partial charge in [-0.1, -0.05) is 36.4 Å². The van der Waals surface area contributed by atoms with Gasteiger partial charge < -0.3 is 9.64 Å². The van der Waals surface area contributed by atoms with Crippen molar-refractivity contribution in [1.29, 1.82) is 0 Å². The fourth-order valence-electron chi connectivity index (χ4n) is 4.39. The van der Waals surface area contributed by atoms with Crippen LogP contribution in [0.2, 0.25) is 0 Å².